The quantitative estimate of drug-likeness (QED) is 0.118. The van der Waals surface area contributed by atoms with Crippen LogP contribution in [0.5, 0.6) is 0 Å². The fourth-order valence-corrected chi connectivity index (χ4v) is 5.37. The number of carbonyl (C=O) groups excluding carboxylic acids is 4. The maximum atomic E-state index is 14.0. The topological polar surface area (TPSA) is 174 Å². The number of nitrogens with zero attached hydrogens (tertiary/aromatic N) is 1. The fraction of sp³-hybridized carbons (Fsp3) is 0.243. The highest BCUT2D eigenvalue weighted by molar-refractivity contribution is 6.09. The minimum atomic E-state index is -1.21. The first-order valence-corrected chi connectivity index (χ1v) is 15.6. The maximum Gasteiger partial charge on any atom is 0.243 e. The SMILES string of the molecule is NCCN(CCN)C(=O)C[C@H](N)C(=O)N[C@H](C(=O)NCc1ccc(C(=O)c2ccccc2)cc1)C(c1ccccc1)c1ccccc1. The van der Waals surface area contributed by atoms with Gasteiger partial charge in [-0.3, -0.25) is 19.2 Å². The molecule has 0 fully saturated rings. The number of nitrogens with two attached hydrogens (primary N) is 3. The Morgan fingerprint density at radius 2 is 1.13 bits per heavy atom. The fourth-order valence-electron chi connectivity index (χ4n) is 5.37. The average molecular weight is 635 g/mol. The highest BCUT2D eigenvalue weighted by atomic mass is 16.2. The summed E-state index contributed by atoms with van der Waals surface area (Å²) in [6, 6.07) is 32.6. The lowest BCUT2D eigenvalue weighted by atomic mass is 9.84. The van der Waals surface area contributed by atoms with Gasteiger partial charge in [0, 0.05) is 49.8 Å². The van der Waals surface area contributed by atoms with E-state index in [1.54, 1.807) is 36.4 Å². The molecule has 0 aliphatic rings. The largest absolute Gasteiger partial charge is 0.350 e. The number of amides is 3. The molecular formula is C37H42N6O4. The lowest BCUT2D eigenvalue weighted by molar-refractivity contribution is -0.135. The summed E-state index contributed by atoms with van der Waals surface area (Å²) in [4.78, 5) is 54.7. The summed E-state index contributed by atoms with van der Waals surface area (Å²) in [5, 5.41) is 5.81. The first-order valence-electron chi connectivity index (χ1n) is 15.6. The van der Waals surface area contributed by atoms with Gasteiger partial charge in [-0.1, -0.05) is 115 Å². The van der Waals surface area contributed by atoms with Crippen LogP contribution in [0.1, 0.15) is 45.0 Å². The molecule has 0 aliphatic heterocycles. The molecule has 0 spiro atoms. The van der Waals surface area contributed by atoms with Gasteiger partial charge in [0.2, 0.25) is 17.7 Å². The molecule has 3 amide bonds. The molecule has 10 heteroatoms. The molecule has 0 radical (unpaired) electrons. The van der Waals surface area contributed by atoms with Crippen LogP contribution >= 0.6 is 0 Å². The lowest BCUT2D eigenvalue weighted by Crippen LogP contribution is -2.55. The monoisotopic (exact) mass is 634 g/mol. The van der Waals surface area contributed by atoms with Crippen LogP contribution in [0.25, 0.3) is 0 Å². The van der Waals surface area contributed by atoms with Crippen LogP contribution in [0.2, 0.25) is 0 Å². The minimum Gasteiger partial charge on any atom is -0.350 e. The molecule has 0 heterocycles. The van der Waals surface area contributed by atoms with E-state index in [0.717, 1.165) is 16.7 Å². The van der Waals surface area contributed by atoms with E-state index in [-0.39, 0.29) is 37.7 Å². The van der Waals surface area contributed by atoms with Gasteiger partial charge in [-0.2, -0.15) is 0 Å². The summed E-state index contributed by atoms with van der Waals surface area (Å²) < 4.78 is 0. The van der Waals surface area contributed by atoms with E-state index >= 15 is 0 Å². The Morgan fingerprint density at radius 3 is 1.64 bits per heavy atom. The summed E-state index contributed by atoms with van der Waals surface area (Å²) >= 11 is 0. The van der Waals surface area contributed by atoms with Crippen molar-refractivity contribution in [3.63, 3.8) is 0 Å². The average Bonchev–Trinajstić information content (AvgIpc) is 3.11. The molecule has 0 aliphatic carbocycles. The number of rotatable bonds is 16. The summed E-state index contributed by atoms with van der Waals surface area (Å²) in [6.45, 7) is 1.23. The Hall–Kier alpha value is -5.16. The number of ketones is 1. The van der Waals surface area contributed by atoms with E-state index < -0.39 is 29.8 Å². The van der Waals surface area contributed by atoms with Gasteiger partial charge in [0.15, 0.2) is 5.78 Å². The van der Waals surface area contributed by atoms with E-state index in [9.17, 15) is 19.2 Å². The predicted octanol–water partition coefficient (Wildman–Crippen LogP) is 2.31. The van der Waals surface area contributed by atoms with Gasteiger partial charge in [-0.25, -0.2) is 0 Å². The second-order valence-corrected chi connectivity index (χ2v) is 11.2. The van der Waals surface area contributed by atoms with Gasteiger partial charge in [0.05, 0.1) is 12.5 Å². The van der Waals surface area contributed by atoms with Gasteiger partial charge < -0.3 is 32.7 Å². The number of carbonyl (C=O) groups is 4. The van der Waals surface area contributed by atoms with Gasteiger partial charge in [-0.05, 0) is 16.7 Å². The minimum absolute atomic E-state index is 0.0958. The summed E-state index contributed by atoms with van der Waals surface area (Å²) in [5.41, 5.74) is 21.0. The van der Waals surface area contributed by atoms with E-state index in [1.807, 2.05) is 78.9 Å². The second-order valence-electron chi connectivity index (χ2n) is 11.2. The van der Waals surface area contributed by atoms with Crippen LogP contribution in [0, 0.1) is 0 Å². The summed E-state index contributed by atoms with van der Waals surface area (Å²) in [6.07, 6.45) is -0.268. The van der Waals surface area contributed by atoms with Crippen LogP contribution in [-0.2, 0) is 20.9 Å². The lowest BCUT2D eigenvalue weighted by Gasteiger charge is -2.29. The van der Waals surface area contributed by atoms with Crippen molar-refractivity contribution in [2.24, 2.45) is 17.2 Å². The molecule has 0 aromatic heterocycles. The van der Waals surface area contributed by atoms with Crippen LogP contribution in [-0.4, -0.2) is 66.7 Å². The first kappa shape index (κ1) is 34.7. The first-order chi connectivity index (χ1) is 22.8. The molecule has 0 bridgehead atoms. The van der Waals surface area contributed by atoms with Crippen LogP contribution in [0.15, 0.2) is 115 Å². The standard InChI is InChI=1S/C37H42N6O4/c38-20-22-43(23-21-39)32(44)24-31(40)36(46)42-34(33(27-10-4-1-5-11-27)28-12-6-2-7-13-28)37(47)41-25-26-16-18-30(19-17-26)35(45)29-14-8-3-9-15-29/h1-19,31,33-34H,20-25,38-40H2,(H,41,47)(H,42,46)/t31-,34-/m0/s1. The van der Waals surface area contributed by atoms with E-state index in [0.29, 0.717) is 24.2 Å². The third-order valence-corrected chi connectivity index (χ3v) is 7.83. The molecule has 4 aromatic carbocycles. The molecule has 244 valence electrons. The van der Waals surface area contributed by atoms with Crippen molar-refractivity contribution in [2.45, 2.75) is 31.0 Å². The molecular weight excluding hydrogens is 592 g/mol. The molecule has 8 N–H and O–H groups in total. The highest BCUT2D eigenvalue weighted by Crippen LogP contribution is 2.29. The van der Waals surface area contributed by atoms with Crippen molar-refractivity contribution in [1.29, 1.82) is 0 Å². The molecule has 4 rings (SSSR count). The zero-order chi connectivity index (χ0) is 33.6. The summed E-state index contributed by atoms with van der Waals surface area (Å²) in [7, 11) is 0. The van der Waals surface area contributed by atoms with Crippen LogP contribution in [0.3, 0.4) is 0 Å². The van der Waals surface area contributed by atoms with E-state index in [4.69, 9.17) is 17.2 Å². The van der Waals surface area contributed by atoms with Gasteiger partial charge >= 0.3 is 0 Å². The zero-order valence-electron chi connectivity index (χ0n) is 26.3. The third kappa shape index (κ3) is 9.67. The molecule has 4 aromatic rings. The molecule has 0 saturated heterocycles. The molecule has 0 saturated carbocycles. The van der Waals surface area contributed by atoms with Crippen molar-refractivity contribution < 1.29 is 19.2 Å². The van der Waals surface area contributed by atoms with Crippen molar-refractivity contribution in [3.05, 3.63) is 143 Å². The van der Waals surface area contributed by atoms with Crippen molar-refractivity contribution >= 4 is 23.5 Å². The molecule has 2 atom stereocenters. The predicted molar refractivity (Wildman–Crippen MR) is 182 cm³/mol. The van der Waals surface area contributed by atoms with E-state index in [1.165, 1.54) is 4.90 Å². The van der Waals surface area contributed by atoms with E-state index in [2.05, 4.69) is 10.6 Å². The Kier molecular flexibility index (Phi) is 12.9. The maximum absolute atomic E-state index is 14.0. The van der Waals surface area contributed by atoms with Crippen LogP contribution in [0.4, 0.5) is 0 Å². The van der Waals surface area contributed by atoms with Gasteiger partial charge in [0.25, 0.3) is 0 Å². The smallest absolute Gasteiger partial charge is 0.243 e. The van der Waals surface area contributed by atoms with Crippen molar-refractivity contribution in [2.75, 3.05) is 26.2 Å². The number of hydrogen-bond donors (Lipinski definition) is 5. The van der Waals surface area contributed by atoms with Gasteiger partial charge in [-0.15, -0.1) is 0 Å². The number of nitrogens with one attached hydrogen (secondary N) is 2. The van der Waals surface area contributed by atoms with Crippen LogP contribution < -0.4 is 27.8 Å². The Bertz CT molecular complexity index is 1560. The Balaban J connectivity index is 1.56. The molecule has 10 nitrogen and oxygen atoms in total. The van der Waals surface area contributed by atoms with Crippen molar-refractivity contribution in [3.8, 4) is 0 Å². The third-order valence-electron chi connectivity index (χ3n) is 7.83. The molecule has 47 heavy (non-hydrogen) atoms. The number of benzene rings is 4. The highest BCUT2D eigenvalue weighted by Gasteiger charge is 2.34. The Morgan fingerprint density at radius 1 is 0.638 bits per heavy atom. The number of hydrogen-bond acceptors (Lipinski definition) is 7. The Labute approximate surface area is 275 Å². The van der Waals surface area contributed by atoms with Gasteiger partial charge in [0.1, 0.15) is 6.04 Å². The van der Waals surface area contributed by atoms with Crippen molar-refractivity contribution in [1.82, 2.24) is 15.5 Å². The molecule has 0 unspecified atom stereocenters. The second kappa shape index (κ2) is 17.5. The summed E-state index contributed by atoms with van der Waals surface area (Å²) in [5.74, 6) is -2.09. The normalized spacial score (nSPS) is 12.2. The zero-order valence-corrected chi connectivity index (χ0v) is 26.3.